The van der Waals surface area contributed by atoms with Gasteiger partial charge in [0.05, 0.1) is 12.2 Å². The van der Waals surface area contributed by atoms with Crippen LogP contribution >= 0.6 is 0 Å². The molecule has 1 N–H and O–H groups in total. The first-order valence-corrected chi connectivity index (χ1v) is 8.74. The Hall–Kier alpha value is -1.20. The molecule has 5 nitrogen and oxygen atoms in total. The van der Waals surface area contributed by atoms with E-state index in [9.17, 15) is 4.79 Å². The molecule has 1 aliphatic heterocycles. The van der Waals surface area contributed by atoms with Gasteiger partial charge in [0, 0.05) is 31.2 Å². The molecule has 2 aliphatic rings. The number of hydrogen-bond acceptors (Lipinski definition) is 4. The molecular formula is C17H28N4O. The minimum atomic E-state index is 0.00625. The van der Waals surface area contributed by atoms with Gasteiger partial charge in [-0.3, -0.25) is 9.69 Å². The maximum absolute atomic E-state index is 11.9. The number of likely N-dealkylation sites (tertiary alicyclic amines) is 1. The molecule has 0 aromatic carbocycles. The molecule has 2 fully saturated rings. The van der Waals surface area contributed by atoms with Crippen molar-refractivity contribution in [3.05, 3.63) is 28.2 Å². The highest BCUT2D eigenvalue weighted by Gasteiger charge is 2.24. The van der Waals surface area contributed by atoms with Gasteiger partial charge in [-0.1, -0.05) is 12.8 Å². The molecule has 0 spiro atoms. The summed E-state index contributed by atoms with van der Waals surface area (Å²) in [6.45, 7) is 5.80. The van der Waals surface area contributed by atoms with E-state index in [1.165, 1.54) is 38.5 Å². The van der Waals surface area contributed by atoms with Crippen LogP contribution in [0.1, 0.15) is 44.2 Å². The molecule has 1 atom stereocenters. The second-order valence-corrected chi connectivity index (χ2v) is 6.76. The van der Waals surface area contributed by atoms with Crippen LogP contribution in [0.15, 0.2) is 16.9 Å². The third kappa shape index (κ3) is 3.96. The molecule has 1 aliphatic carbocycles. The summed E-state index contributed by atoms with van der Waals surface area (Å²) in [5.74, 6) is 0. The fraction of sp³-hybridized carbons (Fsp3) is 0.765. The molecule has 1 aromatic heterocycles. The van der Waals surface area contributed by atoms with E-state index in [1.54, 1.807) is 16.8 Å². The van der Waals surface area contributed by atoms with Crippen LogP contribution in [-0.2, 0) is 6.54 Å². The summed E-state index contributed by atoms with van der Waals surface area (Å²) >= 11 is 0. The predicted molar refractivity (Wildman–Crippen MR) is 88.1 cm³/mol. The van der Waals surface area contributed by atoms with E-state index in [4.69, 9.17) is 0 Å². The molecule has 0 radical (unpaired) electrons. The molecule has 2 heterocycles. The van der Waals surface area contributed by atoms with Crippen molar-refractivity contribution in [3.8, 4) is 0 Å². The van der Waals surface area contributed by atoms with Crippen molar-refractivity contribution < 1.29 is 0 Å². The zero-order chi connectivity index (χ0) is 15.4. The van der Waals surface area contributed by atoms with Gasteiger partial charge in [-0.05, 0) is 45.2 Å². The number of nitrogens with one attached hydrogen (secondary N) is 1. The quantitative estimate of drug-likeness (QED) is 0.866. The molecule has 0 bridgehead atoms. The van der Waals surface area contributed by atoms with Crippen LogP contribution in [0.2, 0.25) is 0 Å². The standard InChI is InChI=1S/C17H28N4O/c1-14-8-9-17(22)21(19-14)12-11-20-10-3-2-7-16(20)13-18-15-5-4-6-15/h8-9,15-16,18H,2-7,10-13H2,1H3. The summed E-state index contributed by atoms with van der Waals surface area (Å²) in [7, 11) is 0. The summed E-state index contributed by atoms with van der Waals surface area (Å²) in [6, 6.07) is 4.78. The number of aryl methyl sites for hydroxylation is 1. The highest BCUT2D eigenvalue weighted by molar-refractivity contribution is 4.97. The first kappa shape index (κ1) is 15.7. The summed E-state index contributed by atoms with van der Waals surface area (Å²) < 4.78 is 1.61. The second kappa shape index (κ2) is 7.38. The number of rotatable bonds is 6. The fourth-order valence-corrected chi connectivity index (χ4v) is 3.43. The van der Waals surface area contributed by atoms with Crippen LogP contribution in [0, 0.1) is 6.92 Å². The molecule has 1 unspecified atom stereocenters. The average molecular weight is 304 g/mol. The van der Waals surface area contributed by atoms with Gasteiger partial charge in [-0.2, -0.15) is 5.10 Å². The minimum absolute atomic E-state index is 0.00625. The van der Waals surface area contributed by atoms with Gasteiger partial charge in [-0.15, -0.1) is 0 Å². The molecule has 0 amide bonds. The Kier molecular flexibility index (Phi) is 5.26. The van der Waals surface area contributed by atoms with E-state index in [0.717, 1.165) is 31.4 Å². The average Bonchev–Trinajstić information content (AvgIpc) is 2.48. The van der Waals surface area contributed by atoms with Crippen molar-refractivity contribution in [1.29, 1.82) is 0 Å². The lowest BCUT2D eigenvalue weighted by Gasteiger charge is -2.38. The number of aromatic nitrogens is 2. The number of piperidine rings is 1. The molecule has 22 heavy (non-hydrogen) atoms. The predicted octanol–water partition coefficient (Wildman–Crippen LogP) is 1.55. The first-order valence-electron chi connectivity index (χ1n) is 8.74. The first-order chi connectivity index (χ1) is 10.7. The van der Waals surface area contributed by atoms with E-state index in [0.29, 0.717) is 12.6 Å². The van der Waals surface area contributed by atoms with Crippen molar-refractivity contribution >= 4 is 0 Å². The Labute approximate surface area is 132 Å². The molecule has 1 saturated heterocycles. The smallest absolute Gasteiger partial charge is 0.266 e. The Morgan fingerprint density at radius 2 is 2.05 bits per heavy atom. The van der Waals surface area contributed by atoms with E-state index >= 15 is 0 Å². The Morgan fingerprint density at radius 1 is 1.18 bits per heavy atom. The number of nitrogens with zero attached hydrogens (tertiary/aromatic N) is 3. The van der Waals surface area contributed by atoms with Crippen LogP contribution in [-0.4, -0.2) is 46.4 Å². The molecule has 5 heteroatoms. The van der Waals surface area contributed by atoms with Gasteiger partial charge in [0.1, 0.15) is 0 Å². The van der Waals surface area contributed by atoms with E-state index in [-0.39, 0.29) is 5.56 Å². The van der Waals surface area contributed by atoms with Crippen LogP contribution in [0.3, 0.4) is 0 Å². The van der Waals surface area contributed by atoms with E-state index in [1.807, 2.05) is 6.92 Å². The zero-order valence-electron chi connectivity index (χ0n) is 13.6. The topological polar surface area (TPSA) is 50.2 Å². The van der Waals surface area contributed by atoms with Gasteiger partial charge >= 0.3 is 0 Å². The Morgan fingerprint density at radius 3 is 2.82 bits per heavy atom. The maximum Gasteiger partial charge on any atom is 0.266 e. The molecule has 1 aromatic rings. The Balaban J connectivity index is 1.54. The largest absolute Gasteiger partial charge is 0.312 e. The SMILES string of the molecule is Cc1ccc(=O)n(CCN2CCCCC2CNC2CCC2)n1. The van der Waals surface area contributed by atoms with Crippen molar-refractivity contribution in [2.45, 2.75) is 64.1 Å². The molecule has 1 saturated carbocycles. The van der Waals surface area contributed by atoms with Gasteiger partial charge in [0.15, 0.2) is 0 Å². The summed E-state index contributed by atoms with van der Waals surface area (Å²) in [6.07, 6.45) is 7.95. The van der Waals surface area contributed by atoms with Gasteiger partial charge in [0.2, 0.25) is 0 Å². The maximum atomic E-state index is 11.9. The van der Waals surface area contributed by atoms with Gasteiger partial charge in [-0.25, -0.2) is 4.68 Å². The summed E-state index contributed by atoms with van der Waals surface area (Å²) in [5.41, 5.74) is 0.910. The van der Waals surface area contributed by atoms with E-state index < -0.39 is 0 Å². The third-order valence-electron chi connectivity index (χ3n) is 5.10. The monoisotopic (exact) mass is 304 g/mol. The van der Waals surface area contributed by atoms with Crippen LogP contribution in [0.5, 0.6) is 0 Å². The normalized spacial score (nSPS) is 23.4. The third-order valence-corrected chi connectivity index (χ3v) is 5.10. The van der Waals surface area contributed by atoms with E-state index in [2.05, 4.69) is 15.3 Å². The van der Waals surface area contributed by atoms with Crippen molar-refractivity contribution in [1.82, 2.24) is 20.0 Å². The highest BCUT2D eigenvalue weighted by Crippen LogP contribution is 2.20. The van der Waals surface area contributed by atoms with Crippen LogP contribution in [0.25, 0.3) is 0 Å². The van der Waals surface area contributed by atoms with Gasteiger partial charge in [0.25, 0.3) is 5.56 Å². The summed E-state index contributed by atoms with van der Waals surface area (Å²) in [5, 5.41) is 8.05. The number of hydrogen-bond donors (Lipinski definition) is 1. The molecule has 3 rings (SSSR count). The van der Waals surface area contributed by atoms with Crippen LogP contribution < -0.4 is 10.9 Å². The molecule has 122 valence electrons. The zero-order valence-corrected chi connectivity index (χ0v) is 13.6. The fourth-order valence-electron chi connectivity index (χ4n) is 3.43. The molecular weight excluding hydrogens is 276 g/mol. The summed E-state index contributed by atoms with van der Waals surface area (Å²) in [4.78, 5) is 14.4. The lowest BCUT2D eigenvalue weighted by atomic mass is 9.92. The lowest BCUT2D eigenvalue weighted by Crippen LogP contribution is -2.50. The van der Waals surface area contributed by atoms with Crippen molar-refractivity contribution in [2.75, 3.05) is 19.6 Å². The highest BCUT2D eigenvalue weighted by atomic mass is 16.1. The second-order valence-electron chi connectivity index (χ2n) is 6.76. The Bertz CT molecular complexity index is 538. The minimum Gasteiger partial charge on any atom is -0.312 e. The van der Waals surface area contributed by atoms with Crippen molar-refractivity contribution in [2.24, 2.45) is 0 Å². The van der Waals surface area contributed by atoms with Gasteiger partial charge < -0.3 is 5.32 Å². The van der Waals surface area contributed by atoms with Crippen molar-refractivity contribution in [3.63, 3.8) is 0 Å². The lowest BCUT2D eigenvalue weighted by molar-refractivity contribution is 0.131. The van der Waals surface area contributed by atoms with Crippen LogP contribution in [0.4, 0.5) is 0 Å².